The molecule has 0 aromatic heterocycles. The van der Waals surface area contributed by atoms with Crippen molar-refractivity contribution < 1.29 is 4.74 Å². The monoisotopic (exact) mass is 184 g/mol. The second-order valence-electron chi connectivity index (χ2n) is 4.83. The van der Waals surface area contributed by atoms with Gasteiger partial charge in [-0.2, -0.15) is 0 Å². The lowest BCUT2D eigenvalue weighted by atomic mass is 9.62. The summed E-state index contributed by atoms with van der Waals surface area (Å²) in [6.07, 6.45) is 1.16. The van der Waals surface area contributed by atoms with Gasteiger partial charge in [0.05, 0.1) is 13.2 Å². The number of hydrogen-bond donors (Lipinski definition) is 1. The molecule has 0 unspecified atom stereocenters. The summed E-state index contributed by atoms with van der Waals surface area (Å²) in [6.45, 7) is 8.51. The topological polar surface area (TPSA) is 38.5 Å². The van der Waals surface area contributed by atoms with Crippen molar-refractivity contribution in [1.82, 2.24) is 4.90 Å². The smallest absolute Gasteiger partial charge is 0.0594 e. The number of ether oxygens (including phenoxy) is 1. The number of rotatable bonds is 1. The van der Waals surface area contributed by atoms with Gasteiger partial charge in [-0.1, -0.05) is 13.8 Å². The van der Waals surface area contributed by atoms with E-state index in [1.807, 2.05) is 0 Å². The average Bonchev–Trinajstić information content (AvgIpc) is 2.15. The maximum absolute atomic E-state index is 6.00. The Morgan fingerprint density at radius 2 is 1.92 bits per heavy atom. The van der Waals surface area contributed by atoms with Gasteiger partial charge in [0.2, 0.25) is 0 Å². The fraction of sp³-hybridized carbons (Fsp3) is 1.00. The van der Waals surface area contributed by atoms with E-state index in [0.29, 0.717) is 17.5 Å². The fourth-order valence-corrected chi connectivity index (χ4v) is 2.44. The van der Waals surface area contributed by atoms with Crippen LogP contribution in [0.1, 0.15) is 20.3 Å². The summed E-state index contributed by atoms with van der Waals surface area (Å²) in [5.41, 5.74) is 6.30. The van der Waals surface area contributed by atoms with Crippen molar-refractivity contribution in [3.8, 4) is 0 Å². The van der Waals surface area contributed by atoms with Crippen molar-refractivity contribution in [2.75, 3.05) is 26.3 Å². The van der Waals surface area contributed by atoms with E-state index in [-0.39, 0.29) is 0 Å². The minimum atomic E-state index is 0.303. The van der Waals surface area contributed by atoms with Crippen LogP contribution in [0.25, 0.3) is 0 Å². The standard InChI is InChI=1S/C10H20N2O/c1-10(2)8(11)7-9(10)12-3-5-13-6-4-12/h8-9H,3-7,11H2,1-2H3/t8-,9+/m0/s1. The predicted molar refractivity (Wildman–Crippen MR) is 52.6 cm³/mol. The number of hydrogen-bond acceptors (Lipinski definition) is 3. The van der Waals surface area contributed by atoms with Gasteiger partial charge in [-0.05, 0) is 11.8 Å². The first-order valence-corrected chi connectivity index (χ1v) is 5.20. The largest absolute Gasteiger partial charge is 0.379 e. The first kappa shape index (κ1) is 9.44. The van der Waals surface area contributed by atoms with Crippen LogP contribution in [0, 0.1) is 5.41 Å². The normalized spacial score (nSPS) is 39.9. The molecule has 1 heterocycles. The molecule has 0 bridgehead atoms. The molecule has 2 aliphatic rings. The molecular formula is C10H20N2O. The Hall–Kier alpha value is -0.120. The van der Waals surface area contributed by atoms with Gasteiger partial charge in [-0.3, -0.25) is 4.90 Å². The van der Waals surface area contributed by atoms with E-state index in [9.17, 15) is 0 Å². The SMILES string of the molecule is CC1(C)[C@@H](N)C[C@H]1N1CCOCC1. The van der Waals surface area contributed by atoms with Crippen molar-refractivity contribution in [3.63, 3.8) is 0 Å². The number of nitrogens with zero attached hydrogens (tertiary/aromatic N) is 1. The lowest BCUT2D eigenvalue weighted by Gasteiger charge is -2.55. The summed E-state index contributed by atoms with van der Waals surface area (Å²) < 4.78 is 5.34. The molecule has 0 aromatic carbocycles. The van der Waals surface area contributed by atoms with E-state index in [2.05, 4.69) is 18.7 Å². The van der Waals surface area contributed by atoms with Gasteiger partial charge in [0.25, 0.3) is 0 Å². The maximum Gasteiger partial charge on any atom is 0.0594 e. The van der Waals surface area contributed by atoms with Gasteiger partial charge >= 0.3 is 0 Å². The van der Waals surface area contributed by atoms with Crippen LogP contribution < -0.4 is 5.73 Å². The lowest BCUT2D eigenvalue weighted by molar-refractivity contribution is -0.0683. The molecule has 0 spiro atoms. The summed E-state index contributed by atoms with van der Waals surface area (Å²) >= 11 is 0. The van der Waals surface area contributed by atoms with Crippen LogP contribution in [0.3, 0.4) is 0 Å². The van der Waals surface area contributed by atoms with Crippen molar-refractivity contribution >= 4 is 0 Å². The van der Waals surface area contributed by atoms with Gasteiger partial charge in [-0.25, -0.2) is 0 Å². The Morgan fingerprint density at radius 3 is 2.38 bits per heavy atom. The molecule has 3 nitrogen and oxygen atoms in total. The number of nitrogens with two attached hydrogens (primary N) is 1. The van der Waals surface area contributed by atoms with E-state index < -0.39 is 0 Å². The van der Waals surface area contributed by atoms with Crippen molar-refractivity contribution in [2.24, 2.45) is 11.1 Å². The molecular weight excluding hydrogens is 164 g/mol. The molecule has 2 rings (SSSR count). The summed E-state index contributed by atoms with van der Waals surface area (Å²) in [5.74, 6) is 0. The summed E-state index contributed by atoms with van der Waals surface area (Å²) in [6, 6.07) is 1.08. The van der Waals surface area contributed by atoms with E-state index in [0.717, 1.165) is 32.7 Å². The molecule has 0 amide bonds. The van der Waals surface area contributed by atoms with Crippen LogP contribution in [0.15, 0.2) is 0 Å². The highest BCUT2D eigenvalue weighted by molar-refractivity contribution is 5.05. The van der Waals surface area contributed by atoms with Gasteiger partial charge in [0.1, 0.15) is 0 Å². The minimum Gasteiger partial charge on any atom is -0.379 e. The zero-order chi connectivity index (χ0) is 9.47. The quantitative estimate of drug-likeness (QED) is 0.643. The maximum atomic E-state index is 6.00. The van der Waals surface area contributed by atoms with Crippen molar-refractivity contribution in [3.05, 3.63) is 0 Å². The number of morpholine rings is 1. The highest BCUT2D eigenvalue weighted by Crippen LogP contribution is 2.42. The molecule has 2 atom stereocenters. The van der Waals surface area contributed by atoms with Crippen LogP contribution in [0.5, 0.6) is 0 Å². The van der Waals surface area contributed by atoms with Gasteiger partial charge in [-0.15, -0.1) is 0 Å². The van der Waals surface area contributed by atoms with E-state index in [1.165, 1.54) is 0 Å². The molecule has 2 fully saturated rings. The Kier molecular flexibility index (Phi) is 2.34. The second kappa shape index (κ2) is 3.23. The summed E-state index contributed by atoms with van der Waals surface area (Å²) in [7, 11) is 0. The molecule has 3 heteroatoms. The molecule has 0 radical (unpaired) electrons. The molecule has 1 saturated carbocycles. The van der Waals surface area contributed by atoms with Gasteiger partial charge < -0.3 is 10.5 Å². The molecule has 0 aromatic rings. The van der Waals surface area contributed by atoms with Gasteiger partial charge in [0, 0.05) is 25.2 Å². The van der Waals surface area contributed by atoms with Crippen LogP contribution in [-0.4, -0.2) is 43.3 Å². The highest BCUT2D eigenvalue weighted by Gasteiger charge is 2.48. The molecule has 1 aliphatic heterocycles. The van der Waals surface area contributed by atoms with E-state index in [4.69, 9.17) is 10.5 Å². The van der Waals surface area contributed by atoms with Crippen molar-refractivity contribution in [1.29, 1.82) is 0 Å². The average molecular weight is 184 g/mol. The highest BCUT2D eigenvalue weighted by atomic mass is 16.5. The first-order valence-electron chi connectivity index (χ1n) is 5.20. The molecule has 1 aliphatic carbocycles. The Labute approximate surface area is 80.2 Å². The van der Waals surface area contributed by atoms with Crippen LogP contribution in [0.4, 0.5) is 0 Å². The Balaban J connectivity index is 1.94. The van der Waals surface area contributed by atoms with E-state index >= 15 is 0 Å². The lowest BCUT2D eigenvalue weighted by Crippen LogP contribution is -2.65. The van der Waals surface area contributed by atoms with E-state index in [1.54, 1.807) is 0 Å². The molecule has 13 heavy (non-hydrogen) atoms. The van der Waals surface area contributed by atoms with Crippen LogP contribution in [-0.2, 0) is 4.74 Å². The second-order valence-corrected chi connectivity index (χ2v) is 4.83. The third-order valence-corrected chi connectivity index (χ3v) is 3.78. The summed E-state index contributed by atoms with van der Waals surface area (Å²) in [5, 5.41) is 0. The zero-order valence-corrected chi connectivity index (χ0v) is 8.62. The first-order chi connectivity index (χ1) is 6.12. The molecule has 76 valence electrons. The van der Waals surface area contributed by atoms with Crippen LogP contribution in [0.2, 0.25) is 0 Å². The van der Waals surface area contributed by atoms with Gasteiger partial charge in [0.15, 0.2) is 0 Å². The molecule has 1 saturated heterocycles. The minimum absolute atomic E-state index is 0.303. The molecule has 2 N–H and O–H groups in total. The Bertz CT molecular complexity index is 187. The van der Waals surface area contributed by atoms with Crippen molar-refractivity contribution in [2.45, 2.75) is 32.4 Å². The third-order valence-electron chi connectivity index (χ3n) is 3.78. The predicted octanol–water partition coefficient (Wildman–Crippen LogP) is 0.444. The zero-order valence-electron chi connectivity index (χ0n) is 8.62. The third kappa shape index (κ3) is 1.49. The fourth-order valence-electron chi connectivity index (χ4n) is 2.44. The van der Waals surface area contributed by atoms with Crippen LogP contribution >= 0.6 is 0 Å². The summed E-state index contributed by atoms with van der Waals surface area (Å²) in [4.78, 5) is 2.53. The Morgan fingerprint density at radius 1 is 1.31 bits per heavy atom.